The molecule has 6 heteroatoms. The fourth-order valence-electron chi connectivity index (χ4n) is 2.58. The monoisotopic (exact) mass is 324 g/mol. The molecule has 0 unspecified atom stereocenters. The smallest absolute Gasteiger partial charge is 0.409 e. The van der Waals surface area contributed by atoms with Gasteiger partial charge in [-0.25, -0.2) is 4.79 Å². The van der Waals surface area contributed by atoms with Gasteiger partial charge < -0.3 is 15.0 Å². The van der Waals surface area contributed by atoms with E-state index in [1.165, 1.54) is 7.11 Å². The number of benzene rings is 1. The molecule has 1 aromatic rings. The first-order chi connectivity index (χ1) is 10.6. The van der Waals surface area contributed by atoms with Crippen LogP contribution in [0.3, 0.4) is 0 Å². The minimum absolute atomic E-state index is 0.0245. The largest absolute Gasteiger partial charge is 0.453 e. The Labute approximate surface area is 135 Å². The molecule has 1 aromatic carbocycles. The Morgan fingerprint density at radius 2 is 2.00 bits per heavy atom. The molecule has 0 atom stereocenters. The van der Waals surface area contributed by atoms with E-state index in [2.05, 4.69) is 5.32 Å². The van der Waals surface area contributed by atoms with E-state index in [0.29, 0.717) is 37.0 Å². The van der Waals surface area contributed by atoms with Crippen LogP contribution in [0.1, 0.15) is 18.4 Å². The number of carbonyl (C=O) groups is 2. The molecule has 1 heterocycles. The highest BCUT2D eigenvalue weighted by Gasteiger charge is 2.23. The quantitative estimate of drug-likeness (QED) is 0.925. The summed E-state index contributed by atoms with van der Waals surface area (Å²) < 4.78 is 4.71. The molecular formula is C16H21ClN2O3. The molecule has 2 rings (SSSR count). The summed E-state index contributed by atoms with van der Waals surface area (Å²) in [7, 11) is 1.39. The van der Waals surface area contributed by atoms with E-state index >= 15 is 0 Å². The molecule has 2 amide bonds. The van der Waals surface area contributed by atoms with Crippen molar-refractivity contribution in [3.63, 3.8) is 0 Å². The summed E-state index contributed by atoms with van der Waals surface area (Å²) in [5.41, 5.74) is 0.835. The van der Waals surface area contributed by atoms with Crippen LogP contribution in [0.15, 0.2) is 24.3 Å². The van der Waals surface area contributed by atoms with Crippen LogP contribution < -0.4 is 5.32 Å². The Balaban J connectivity index is 1.72. The molecule has 0 aromatic heterocycles. The fraction of sp³-hybridized carbons (Fsp3) is 0.500. The molecule has 1 aliphatic heterocycles. The van der Waals surface area contributed by atoms with E-state index in [1.54, 1.807) is 11.0 Å². The van der Waals surface area contributed by atoms with Crippen molar-refractivity contribution in [1.82, 2.24) is 10.2 Å². The van der Waals surface area contributed by atoms with Crippen molar-refractivity contribution in [2.75, 3.05) is 26.7 Å². The van der Waals surface area contributed by atoms with Gasteiger partial charge in [0.15, 0.2) is 0 Å². The van der Waals surface area contributed by atoms with Crippen LogP contribution >= 0.6 is 11.6 Å². The van der Waals surface area contributed by atoms with Gasteiger partial charge in [0.1, 0.15) is 0 Å². The fourth-order valence-corrected chi connectivity index (χ4v) is 2.79. The standard InChI is InChI=1S/C16H21ClN2O3/c1-22-16(21)19-8-6-12(7-9-19)11-18-15(20)10-13-4-2-3-5-14(13)17/h2-5,12H,6-11H2,1H3,(H,18,20). The summed E-state index contributed by atoms with van der Waals surface area (Å²) in [5, 5.41) is 3.57. The van der Waals surface area contributed by atoms with Gasteiger partial charge in [0.25, 0.3) is 0 Å². The van der Waals surface area contributed by atoms with Gasteiger partial charge >= 0.3 is 6.09 Å². The van der Waals surface area contributed by atoms with Crippen LogP contribution in [0.2, 0.25) is 5.02 Å². The lowest BCUT2D eigenvalue weighted by atomic mass is 9.97. The highest BCUT2D eigenvalue weighted by Crippen LogP contribution is 2.18. The molecule has 1 aliphatic rings. The zero-order valence-corrected chi connectivity index (χ0v) is 13.4. The third-order valence-electron chi connectivity index (χ3n) is 3.94. The first-order valence-corrected chi connectivity index (χ1v) is 7.81. The average Bonchev–Trinajstić information content (AvgIpc) is 2.55. The topological polar surface area (TPSA) is 58.6 Å². The second-order valence-electron chi connectivity index (χ2n) is 5.47. The number of piperidine rings is 1. The van der Waals surface area contributed by atoms with Crippen LogP contribution in [0.25, 0.3) is 0 Å². The summed E-state index contributed by atoms with van der Waals surface area (Å²) in [6.45, 7) is 1.99. The van der Waals surface area contributed by atoms with Crippen LogP contribution in [0, 0.1) is 5.92 Å². The van der Waals surface area contributed by atoms with Crippen molar-refractivity contribution in [3.8, 4) is 0 Å². The Hall–Kier alpha value is -1.75. The summed E-state index contributed by atoms with van der Waals surface area (Å²) >= 11 is 6.05. The van der Waals surface area contributed by atoms with Gasteiger partial charge in [-0.3, -0.25) is 4.79 Å². The maximum Gasteiger partial charge on any atom is 0.409 e. The van der Waals surface area contributed by atoms with Gasteiger partial charge in [-0.05, 0) is 30.4 Å². The third kappa shape index (κ3) is 4.63. The Kier molecular flexibility index (Phi) is 6.07. The average molecular weight is 325 g/mol. The van der Waals surface area contributed by atoms with Crippen LogP contribution in [0.5, 0.6) is 0 Å². The molecule has 120 valence electrons. The molecule has 0 bridgehead atoms. The number of ether oxygens (including phenoxy) is 1. The molecular weight excluding hydrogens is 304 g/mol. The Morgan fingerprint density at radius 1 is 1.32 bits per heavy atom. The lowest BCUT2D eigenvalue weighted by Crippen LogP contribution is -2.41. The van der Waals surface area contributed by atoms with E-state index in [1.807, 2.05) is 18.2 Å². The van der Waals surface area contributed by atoms with Crippen molar-refractivity contribution in [1.29, 1.82) is 0 Å². The predicted octanol–water partition coefficient (Wildman–Crippen LogP) is 2.48. The molecule has 0 aliphatic carbocycles. The third-order valence-corrected chi connectivity index (χ3v) is 4.31. The van der Waals surface area contributed by atoms with Crippen LogP contribution in [-0.2, 0) is 16.0 Å². The van der Waals surface area contributed by atoms with Gasteiger partial charge in [-0.2, -0.15) is 0 Å². The van der Waals surface area contributed by atoms with Crippen molar-refractivity contribution in [2.24, 2.45) is 5.92 Å². The molecule has 1 N–H and O–H groups in total. The summed E-state index contributed by atoms with van der Waals surface area (Å²) in [4.78, 5) is 25.1. The van der Waals surface area contributed by atoms with Crippen LogP contribution in [0.4, 0.5) is 4.79 Å². The minimum Gasteiger partial charge on any atom is -0.453 e. The minimum atomic E-state index is -0.277. The number of methoxy groups -OCH3 is 1. The van der Waals surface area contributed by atoms with Crippen molar-refractivity contribution in [3.05, 3.63) is 34.9 Å². The molecule has 0 radical (unpaired) electrons. The van der Waals surface area contributed by atoms with Gasteiger partial charge in [-0.15, -0.1) is 0 Å². The summed E-state index contributed by atoms with van der Waals surface area (Å²) in [6.07, 6.45) is 1.77. The molecule has 22 heavy (non-hydrogen) atoms. The normalized spacial score (nSPS) is 15.5. The van der Waals surface area contributed by atoms with Crippen LogP contribution in [-0.4, -0.2) is 43.6 Å². The molecule has 5 nitrogen and oxygen atoms in total. The maximum absolute atomic E-state index is 12.0. The number of carbonyl (C=O) groups excluding carboxylic acids is 2. The molecule has 0 saturated carbocycles. The van der Waals surface area contributed by atoms with Gasteiger partial charge in [-0.1, -0.05) is 29.8 Å². The Morgan fingerprint density at radius 3 is 2.64 bits per heavy atom. The summed E-state index contributed by atoms with van der Waals surface area (Å²) in [6, 6.07) is 7.36. The van der Waals surface area contributed by atoms with E-state index in [9.17, 15) is 9.59 Å². The first kappa shape index (κ1) is 16.6. The zero-order valence-electron chi connectivity index (χ0n) is 12.7. The number of hydrogen-bond acceptors (Lipinski definition) is 3. The highest BCUT2D eigenvalue weighted by molar-refractivity contribution is 6.31. The van der Waals surface area contributed by atoms with Gasteiger partial charge in [0.05, 0.1) is 13.5 Å². The number of rotatable bonds is 4. The predicted molar refractivity (Wildman–Crippen MR) is 84.9 cm³/mol. The lowest BCUT2D eigenvalue weighted by molar-refractivity contribution is -0.120. The number of hydrogen-bond donors (Lipinski definition) is 1. The van der Waals surface area contributed by atoms with Gasteiger partial charge in [0, 0.05) is 24.7 Å². The zero-order chi connectivity index (χ0) is 15.9. The molecule has 1 saturated heterocycles. The number of likely N-dealkylation sites (tertiary alicyclic amines) is 1. The van der Waals surface area contributed by atoms with E-state index in [-0.39, 0.29) is 12.0 Å². The second-order valence-corrected chi connectivity index (χ2v) is 5.88. The highest BCUT2D eigenvalue weighted by atomic mass is 35.5. The van der Waals surface area contributed by atoms with Crippen molar-refractivity contribution in [2.45, 2.75) is 19.3 Å². The molecule has 0 spiro atoms. The summed E-state index contributed by atoms with van der Waals surface area (Å²) in [5.74, 6) is 0.375. The van der Waals surface area contributed by atoms with E-state index in [4.69, 9.17) is 16.3 Å². The first-order valence-electron chi connectivity index (χ1n) is 7.43. The van der Waals surface area contributed by atoms with Crippen molar-refractivity contribution < 1.29 is 14.3 Å². The van der Waals surface area contributed by atoms with Crippen molar-refractivity contribution >= 4 is 23.6 Å². The molecule has 1 fully saturated rings. The number of nitrogens with zero attached hydrogens (tertiary/aromatic N) is 1. The number of halogens is 1. The Bertz CT molecular complexity index is 528. The second kappa shape index (κ2) is 8.03. The van der Waals surface area contributed by atoms with E-state index in [0.717, 1.165) is 18.4 Å². The number of amides is 2. The SMILES string of the molecule is COC(=O)N1CCC(CNC(=O)Cc2ccccc2Cl)CC1. The number of nitrogens with one attached hydrogen (secondary N) is 1. The van der Waals surface area contributed by atoms with E-state index < -0.39 is 0 Å². The maximum atomic E-state index is 12.0. The lowest BCUT2D eigenvalue weighted by Gasteiger charge is -2.30. The van der Waals surface area contributed by atoms with Gasteiger partial charge in [0.2, 0.25) is 5.91 Å².